The SMILES string of the molecule is CCCC(C)c1ccc(-c2ccc(CCc3ccc(C)c(F)c3C(F)(F)F)cc2)cc1. The Morgan fingerprint density at radius 1 is 0.806 bits per heavy atom. The highest BCUT2D eigenvalue weighted by molar-refractivity contribution is 5.64. The third kappa shape index (κ3) is 5.55. The fourth-order valence-electron chi connectivity index (χ4n) is 3.98. The van der Waals surface area contributed by atoms with Gasteiger partial charge in [0.1, 0.15) is 5.82 Å². The summed E-state index contributed by atoms with van der Waals surface area (Å²) < 4.78 is 54.1. The van der Waals surface area contributed by atoms with E-state index in [0.717, 1.165) is 29.5 Å². The Labute approximate surface area is 181 Å². The first-order valence-electron chi connectivity index (χ1n) is 10.7. The molecular formula is C27H28F4. The van der Waals surface area contributed by atoms with E-state index in [1.54, 1.807) is 0 Å². The van der Waals surface area contributed by atoms with Crippen LogP contribution < -0.4 is 0 Å². The standard InChI is InChI=1S/C27H28F4/c1-4-5-18(2)21-14-16-23(17-15-21)22-11-7-20(8-12-22)9-13-24-10-6-19(3)26(28)25(24)27(29,30)31/h6-8,10-12,14-18H,4-5,9,13H2,1-3H3. The average molecular weight is 429 g/mol. The lowest BCUT2D eigenvalue weighted by Crippen LogP contribution is -2.14. The highest BCUT2D eigenvalue weighted by Crippen LogP contribution is 2.36. The van der Waals surface area contributed by atoms with E-state index in [1.165, 1.54) is 24.6 Å². The second-order valence-corrected chi connectivity index (χ2v) is 8.24. The predicted octanol–water partition coefficient (Wildman–Crippen LogP) is 8.51. The van der Waals surface area contributed by atoms with Gasteiger partial charge in [-0.15, -0.1) is 0 Å². The summed E-state index contributed by atoms with van der Waals surface area (Å²) in [5, 5.41) is 0. The van der Waals surface area contributed by atoms with Crippen molar-refractivity contribution in [1.82, 2.24) is 0 Å². The first kappa shape index (κ1) is 23.1. The van der Waals surface area contributed by atoms with Crippen LogP contribution in [0.15, 0.2) is 60.7 Å². The van der Waals surface area contributed by atoms with Crippen LogP contribution in [0.3, 0.4) is 0 Å². The maximum absolute atomic E-state index is 14.1. The molecular weight excluding hydrogens is 400 g/mol. The van der Waals surface area contributed by atoms with Gasteiger partial charge in [-0.25, -0.2) is 4.39 Å². The molecule has 0 aliphatic rings. The first-order chi connectivity index (χ1) is 14.7. The summed E-state index contributed by atoms with van der Waals surface area (Å²) >= 11 is 0. The zero-order valence-corrected chi connectivity index (χ0v) is 18.2. The number of aryl methyl sites for hydroxylation is 3. The average Bonchev–Trinajstić information content (AvgIpc) is 2.74. The zero-order valence-electron chi connectivity index (χ0n) is 18.2. The lowest BCUT2D eigenvalue weighted by Gasteiger charge is -2.15. The molecule has 0 saturated carbocycles. The summed E-state index contributed by atoms with van der Waals surface area (Å²) in [5.41, 5.74) is 3.29. The molecule has 0 fully saturated rings. The molecule has 0 saturated heterocycles. The number of hydrogen-bond acceptors (Lipinski definition) is 0. The lowest BCUT2D eigenvalue weighted by molar-refractivity contribution is -0.140. The van der Waals surface area contributed by atoms with Crippen LogP contribution in [0.4, 0.5) is 17.6 Å². The van der Waals surface area contributed by atoms with Gasteiger partial charge in [-0.2, -0.15) is 13.2 Å². The van der Waals surface area contributed by atoms with Crippen LogP contribution in [0, 0.1) is 12.7 Å². The molecule has 3 rings (SSSR count). The second kappa shape index (κ2) is 9.67. The van der Waals surface area contributed by atoms with E-state index in [9.17, 15) is 17.6 Å². The Morgan fingerprint density at radius 2 is 1.39 bits per heavy atom. The Morgan fingerprint density at radius 3 is 1.94 bits per heavy atom. The minimum atomic E-state index is -4.70. The van der Waals surface area contributed by atoms with Crippen molar-refractivity contribution < 1.29 is 17.6 Å². The minimum Gasteiger partial charge on any atom is -0.206 e. The molecule has 0 radical (unpaired) electrons. The molecule has 164 valence electrons. The van der Waals surface area contributed by atoms with Gasteiger partial charge in [0.25, 0.3) is 0 Å². The van der Waals surface area contributed by atoms with Crippen molar-refractivity contribution in [2.24, 2.45) is 0 Å². The molecule has 0 nitrogen and oxygen atoms in total. The van der Waals surface area contributed by atoms with Gasteiger partial charge in [0.2, 0.25) is 0 Å². The van der Waals surface area contributed by atoms with E-state index in [4.69, 9.17) is 0 Å². The highest BCUT2D eigenvalue weighted by atomic mass is 19.4. The molecule has 1 atom stereocenters. The molecule has 0 N–H and O–H groups in total. The van der Waals surface area contributed by atoms with Crippen molar-refractivity contribution >= 4 is 0 Å². The van der Waals surface area contributed by atoms with Gasteiger partial charge < -0.3 is 0 Å². The Balaban J connectivity index is 1.72. The Bertz CT molecular complexity index is 999. The van der Waals surface area contributed by atoms with Crippen molar-refractivity contribution in [3.63, 3.8) is 0 Å². The van der Waals surface area contributed by atoms with Crippen LogP contribution in [-0.4, -0.2) is 0 Å². The van der Waals surface area contributed by atoms with E-state index in [1.807, 2.05) is 24.3 Å². The van der Waals surface area contributed by atoms with Crippen LogP contribution in [0.2, 0.25) is 0 Å². The molecule has 0 aromatic heterocycles. The summed E-state index contributed by atoms with van der Waals surface area (Å²) in [4.78, 5) is 0. The van der Waals surface area contributed by atoms with Crippen LogP contribution in [-0.2, 0) is 19.0 Å². The van der Waals surface area contributed by atoms with Crippen molar-refractivity contribution in [3.05, 3.63) is 94.3 Å². The van der Waals surface area contributed by atoms with E-state index >= 15 is 0 Å². The molecule has 31 heavy (non-hydrogen) atoms. The van der Waals surface area contributed by atoms with Gasteiger partial charge in [0.05, 0.1) is 5.56 Å². The molecule has 4 heteroatoms. The molecule has 0 aliphatic heterocycles. The van der Waals surface area contributed by atoms with Gasteiger partial charge in [-0.1, -0.05) is 80.9 Å². The third-order valence-electron chi connectivity index (χ3n) is 5.88. The van der Waals surface area contributed by atoms with Gasteiger partial charge in [-0.3, -0.25) is 0 Å². The first-order valence-corrected chi connectivity index (χ1v) is 10.7. The fourth-order valence-corrected chi connectivity index (χ4v) is 3.98. The molecule has 0 spiro atoms. The zero-order chi connectivity index (χ0) is 22.6. The molecule has 0 aliphatic carbocycles. The van der Waals surface area contributed by atoms with E-state index in [2.05, 4.69) is 38.1 Å². The van der Waals surface area contributed by atoms with Crippen molar-refractivity contribution in [2.45, 2.75) is 58.5 Å². The molecule has 3 aromatic rings. The number of benzene rings is 3. The minimum absolute atomic E-state index is 0.00327. The largest absolute Gasteiger partial charge is 0.419 e. The van der Waals surface area contributed by atoms with E-state index < -0.39 is 17.6 Å². The number of rotatable bonds is 7. The van der Waals surface area contributed by atoms with Crippen LogP contribution >= 0.6 is 0 Å². The molecule has 0 amide bonds. The number of halogens is 4. The Hall–Kier alpha value is -2.62. The van der Waals surface area contributed by atoms with Crippen molar-refractivity contribution in [2.75, 3.05) is 0 Å². The van der Waals surface area contributed by atoms with Gasteiger partial charge >= 0.3 is 6.18 Å². The normalized spacial score (nSPS) is 12.7. The van der Waals surface area contributed by atoms with E-state index in [-0.39, 0.29) is 17.5 Å². The molecule has 1 unspecified atom stereocenters. The summed E-state index contributed by atoms with van der Waals surface area (Å²) in [7, 11) is 0. The van der Waals surface area contributed by atoms with Crippen molar-refractivity contribution in [1.29, 1.82) is 0 Å². The summed E-state index contributed by atoms with van der Waals surface area (Å²) in [5.74, 6) is -0.633. The van der Waals surface area contributed by atoms with E-state index in [0.29, 0.717) is 12.3 Å². The lowest BCUT2D eigenvalue weighted by atomic mass is 9.93. The topological polar surface area (TPSA) is 0 Å². The quantitative estimate of drug-likeness (QED) is 0.331. The van der Waals surface area contributed by atoms with Crippen molar-refractivity contribution in [3.8, 4) is 11.1 Å². The second-order valence-electron chi connectivity index (χ2n) is 8.24. The predicted molar refractivity (Wildman–Crippen MR) is 119 cm³/mol. The maximum Gasteiger partial charge on any atom is 0.419 e. The highest BCUT2D eigenvalue weighted by Gasteiger charge is 2.37. The maximum atomic E-state index is 14.1. The van der Waals surface area contributed by atoms with Gasteiger partial charge in [0, 0.05) is 0 Å². The molecule has 3 aromatic carbocycles. The number of alkyl halides is 3. The number of hydrogen-bond donors (Lipinski definition) is 0. The summed E-state index contributed by atoms with van der Waals surface area (Å²) in [6, 6.07) is 19.2. The van der Waals surface area contributed by atoms with Gasteiger partial charge in [-0.05, 0) is 65.5 Å². The third-order valence-corrected chi connectivity index (χ3v) is 5.88. The summed E-state index contributed by atoms with van der Waals surface area (Å²) in [6.45, 7) is 5.77. The van der Waals surface area contributed by atoms with Crippen LogP contribution in [0.5, 0.6) is 0 Å². The van der Waals surface area contributed by atoms with Crippen LogP contribution in [0.1, 0.15) is 60.4 Å². The van der Waals surface area contributed by atoms with Crippen LogP contribution in [0.25, 0.3) is 11.1 Å². The Kier molecular flexibility index (Phi) is 7.19. The fraction of sp³-hybridized carbons (Fsp3) is 0.333. The smallest absolute Gasteiger partial charge is 0.206 e. The summed E-state index contributed by atoms with van der Waals surface area (Å²) in [6.07, 6.45) is -1.83. The molecule has 0 bridgehead atoms. The van der Waals surface area contributed by atoms with Gasteiger partial charge in [0.15, 0.2) is 0 Å². The monoisotopic (exact) mass is 428 g/mol. The molecule has 0 heterocycles.